The summed E-state index contributed by atoms with van der Waals surface area (Å²) in [6, 6.07) is 13.2. The fourth-order valence-electron chi connectivity index (χ4n) is 4.12. The Morgan fingerprint density at radius 1 is 1.03 bits per heavy atom. The minimum absolute atomic E-state index is 0.0688. The number of aliphatic hydroxyl groups is 5. The molecule has 0 radical (unpaired) electrons. The first-order valence-electron chi connectivity index (χ1n) is 11.6. The number of benzene rings is 2. The number of ether oxygens (including phenoxy) is 2. The molecule has 186 valence electrons. The van der Waals surface area contributed by atoms with Crippen LogP contribution in [0.4, 0.5) is 0 Å². The van der Waals surface area contributed by atoms with Crippen molar-refractivity contribution in [2.45, 2.75) is 76.3 Å². The fraction of sp³-hybridized carbons (Fsp3) is 0.500. The minimum Gasteiger partial charge on any atom is -0.461 e. The lowest BCUT2D eigenvalue weighted by Gasteiger charge is -2.46. The maximum atomic E-state index is 12.8. The Kier molecular flexibility index (Phi) is 8.81. The normalized spacial score (nSPS) is 26.9. The van der Waals surface area contributed by atoms with Crippen LogP contribution in [0.2, 0.25) is 0 Å². The van der Waals surface area contributed by atoms with Crippen LogP contribution in [0.1, 0.15) is 48.9 Å². The summed E-state index contributed by atoms with van der Waals surface area (Å²) in [5.41, 5.74) is 0.907. The summed E-state index contributed by atoms with van der Waals surface area (Å²) in [4.78, 5) is 12.8. The van der Waals surface area contributed by atoms with Gasteiger partial charge in [-0.05, 0) is 41.2 Å². The number of Topliss-reactive ketones (excluding diaryl/α,β-unsaturated/α-hetero) is 1. The van der Waals surface area contributed by atoms with Gasteiger partial charge in [-0.15, -0.1) is 0 Å². The molecule has 34 heavy (non-hydrogen) atoms. The van der Waals surface area contributed by atoms with Crippen LogP contribution in [0, 0.1) is 0 Å². The van der Waals surface area contributed by atoms with Crippen molar-refractivity contribution in [2.24, 2.45) is 0 Å². The highest BCUT2D eigenvalue weighted by Crippen LogP contribution is 2.35. The summed E-state index contributed by atoms with van der Waals surface area (Å²) in [5, 5.41) is 51.5. The smallest absolute Gasteiger partial charge is 0.239 e. The summed E-state index contributed by atoms with van der Waals surface area (Å²) in [7, 11) is 0. The van der Waals surface area contributed by atoms with E-state index >= 15 is 0 Å². The Morgan fingerprint density at radius 2 is 1.68 bits per heavy atom. The average Bonchev–Trinajstić information content (AvgIpc) is 2.85. The van der Waals surface area contributed by atoms with Crippen LogP contribution in [0.3, 0.4) is 0 Å². The molecule has 0 aliphatic carbocycles. The van der Waals surface area contributed by atoms with Crippen molar-refractivity contribution in [1.29, 1.82) is 0 Å². The zero-order valence-corrected chi connectivity index (χ0v) is 19.6. The standard InChI is InChI=1S/C26H34O8/c1-3-5-22(29)26(32)24(31)23(30)21(15-28)34-25(26)33-20-13-18(14-27)10-11-19(20)12-17-8-6-16(4-2)7-9-17/h6-11,13,21,23-25,27-28,30-32H,3-5,12,14-15H2,1-2H3/t21-,23-,24+,25+,26-/m1/s1. The lowest BCUT2D eigenvalue weighted by molar-refractivity contribution is -0.308. The molecule has 5 atom stereocenters. The van der Waals surface area contributed by atoms with Gasteiger partial charge in [-0.3, -0.25) is 4.79 Å². The Balaban J connectivity index is 1.98. The molecular weight excluding hydrogens is 440 g/mol. The molecule has 0 amide bonds. The highest BCUT2D eigenvalue weighted by molar-refractivity contribution is 5.88. The number of rotatable bonds is 10. The van der Waals surface area contributed by atoms with Gasteiger partial charge in [0.2, 0.25) is 11.9 Å². The number of aryl methyl sites for hydroxylation is 1. The lowest BCUT2D eigenvalue weighted by Crippen LogP contribution is -2.71. The van der Waals surface area contributed by atoms with Crippen molar-refractivity contribution >= 4 is 5.78 Å². The minimum atomic E-state index is -2.55. The van der Waals surface area contributed by atoms with Crippen molar-refractivity contribution in [1.82, 2.24) is 0 Å². The van der Waals surface area contributed by atoms with Crippen molar-refractivity contribution in [3.8, 4) is 5.75 Å². The van der Waals surface area contributed by atoms with E-state index in [1.807, 2.05) is 24.3 Å². The van der Waals surface area contributed by atoms with E-state index in [9.17, 15) is 30.3 Å². The Bertz CT molecular complexity index is 960. The van der Waals surface area contributed by atoms with Gasteiger partial charge in [0.15, 0.2) is 5.78 Å². The Hall–Kier alpha value is -2.33. The fourth-order valence-corrected chi connectivity index (χ4v) is 4.12. The first-order chi connectivity index (χ1) is 16.3. The van der Waals surface area contributed by atoms with E-state index in [2.05, 4.69) is 6.92 Å². The van der Waals surface area contributed by atoms with Crippen molar-refractivity contribution in [3.63, 3.8) is 0 Å². The van der Waals surface area contributed by atoms with Crippen LogP contribution < -0.4 is 4.74 Å². The van der Waals surface area contributed by atoms with Crippen molar-refractivity contribution in [3.05, 3.63) is 64.7 Å². The number of ketones is 1. The SMILES string of the molecule is CCCC(=O)[C@]1(O)[C@@H](Oc2cc(CO)ccc2Cc2ccc(CC)cc2)O[C@H](CO)[C@@H](O)[C@@H]1O. The van der Waals surface area contributed by atoms with E-state index < -0.39 is 42.6 Å². The molecule has 3 rings (SSSR count). The summed E-state index contributed by atoms with van der Waals surface area (Å²) in [5.74, 6) is -0.489. The third-order valence-corrected chi connectivity index (χ3v) is 6.29. The summed E-state index contributed by atoms with van der Waals surface area (Å²) in [6.07, 6.45) is -4.83. The molecule has 8 heteroatoms. The second-order valence-electron chi connectivity index (χ2n) is 8.69. The highest BCUT2D eigenvalue weighted by Gasteiger charge is 2.60. The summed E-state index contributed by atoms with van der Waals surface area (Å²) >= 11 is 0. The van der Waals surface area contributed by atoms with Crippen LogP contribution >= 0.6 is 0 Å². The topological polar surface area (TPSA) is 137 Å². The molecule has 0 unspecified atom stereocenters. The second-order valence-corrected chi connectivity index (χ2v) is 8.69. The highest BCUT2D eigenvalue weighted by atomic mass is 16.7. The Morgan fingerprint density at radius 3 is 2.26 bits per heavy atom. The molecule has 1 fully saturated rings. The molecule has 1 aliphatic heterocycles. The van der Waals surface area contributed by atoms with E-state index in [4.69, 9.17) is 9.47 Å². The molecular formula is C26H34O8. The predicted molar refractivity (Wildman–Crippen MR) is 124 cm³/mol. The third kappa shape index (κ3) is 5.33. The molecule has 5 N–H and O–H groups in total. The van der Waals surface area contributed by atoms with Crippen LogP contribution in [0.25, 0.3) is 0 Å². The summed E-state index contributed by atoms with van der Waals surface area (Å²) < 4.78 is 11.6. The van der Waals surface area contributed by atoms with Gasteiger partial charge in [0.25, 0.3) is 0 Å². The molecule has 1 saturated heterocycles. The van der Waals surface area contributed by atoms with Gasteiger partial charge in [-0.25, -0.2) is 0 Å². The van der Waals surface area contributed by atoms with E-state index in [1.165, 1.54) is 5.56 Å². The van der Waals surface area contributed by atoms with Gasteiger partial charge < -0.3 is 35.0 Å². The van der Waals surface area contributed by atoms with Gasteiger partial charge in [-0.2, -0.15) is 0 Å². The zero-order chi connectivity index (χ0) is 24.9. The van der Waals surface area contributed by atoms with Crippen LogP contribution in [-0.2, 0) is 29.0 Å². The largest absolute Gasteiger partial charge is 0.461 e. The van der Waals surface area contributed by atoms with Gasteiger partial charge >= 0.3 is 0 Å². The number of carbonyl (C=O) groups is 1. The number of aliphatic hydroxyl groups excluding tert-OH is 4. The van der Waals surface area contributed by atoms with Gasteiger partial charge in [0.05, 0.1) is 13.2 Å². The monoisotopic (exact) mass is 474 g/mol. The van der Waals surface area contributed by atoms with Gasteiger partial charge in [0, 0.05) is 12.8 Å². The van der Waals surface area contributed by atoms with Crippen LogP contribution in [0.15, 0.2) is 42.5 Å². The van der Waals surface area contributed by atoms with Crippen molar-refractivity contribution in [2.75, 3.05) is 6.61 Å². The number of hydrogen-bond acceptors (Lipinski definition) is 8. The number of hydrogen-bond donors (Lipinski definition) is 5. The molecule has 1 heterocycles. The molecule has 0 saturated carbocycles. The molecule has 0 aromatic heterocycles. The molecule has 0 spiro atoms. The number of carbonyl (C=O) groups excluding carboxylic acids is 1. The zero-order valence-electron chi connectivity index (χ0n) is 19.6. The first kappa shape index (κ1) is 26.3. The summed E-state index contributed by atoms with van der Waals surface area (Å²) in [6.45, 7) is 2.91. The third-order valence-electron chi connectivity index (χ3n) is 6.29. The van der Waals surface area contributed by atoms with Crippen LogP contribution in [-0.4, -0.2) is 68.1 Å². The Labute approximate surface area is 199 Å². The van der Waals surface area contributed by atoms with E-state index in [1.54, 1.807) is 25.1 Å². The average molecular weight is 475 g/mol. The van der Waals surface area contributed by atoms with Crippen LogP contribution in [0.5, 0.6) is 5.75 Å². The predicted octanol–water partition coefficient (Wildman–Crippen LogP) is 1.25. The lowest BCUT2D eigenvalue weighted by atomic mass is 9.81. The maximum absolute atomic E-state index is 12.8. The van der Waals surface area contributed by atoms with E-state index in [-0.39, 0.29) is 18.8 Å². The van der Waals surface area contributed by atoms with Gasteiger partial charge in [0.1, 0.15) is 24.1 Å². The molecule has 0 bridgehead atoms. The molecule has 2 aromatic rings. The van der Waals surface area contributed by atoms with Gasteiger partial charge in [-0.1, -0.05) is 50.2 Å². The molecule has 8 nitrogen and oxygen atoms in total. The van der Waals surface area contributed by atoms with E-state index in [0.29, 0.717) is 24.0 Å². The first-order valence-corrected chi connectivity index (χ1v) is 11.6. The van der Waals surface area contributed by atoms with E-state index in [0.717, 1.165) is 12.0 Å². The maximum Gasteiger partial charge on any atom is 0.239 e. The molecule has 2 aromatic carbocycles. The second kappa shape index (κ2) is 11.4. The van der Waals surface area contributed by atoms with Crippen molar-refractivity contribution < 1.29 is 39.8 Å². The quantitative estimate of drug-likeness (QED) is 0.347. The molecule has 1 aliphatic rings.